The van der Waals surface area contributed by atoms with Crippen LogP contribution in [-0.2, 0) is 0 Å². The minimum absolute atomic E-state index is 0.690. The van der Waals surface area contributed by atoms with Crippen LogP contribution in [0.5, 0.6) is 0 Å². The van der Waals surface area contributed by atoms with Gasteiger partial charge in [-0.2, -0.15) is 5.26 Å². The second-order valence-corrected chi connectivity index (χ2v) is 3.11. The fourth-order valence-electron chi connectivity index (χ4n) is 1.57. The monoisotopic (exact) mass is 192 g/mol. The number of nitrogens with two attached hydrogens (primary N) is 1. The molecule has 0 aliphatic carbocycles. The lowest BCUT2D eigenvalue weighted by molar-refractivity contribution is 1.55. The van der Waals surface area contributed by atoms with Gasteiger partial charge in [0, 0.05) is 22.6 Å². The molecule has 0 spiro atoms. The van der Waals surface area contributed by atoms with E-state index in [9.17, 15) is 0 Å². The second kappa shape index (κ2) is 3.74. The van der Waals surface area contributed by atoms with Gasteiger partial charge in [0.15, 0.2) is 6.07 Å². The van der Waals surface area contributed by atoms with E-state index in [0.29, 0.717) is 5.69 Å². The highest BCUT2D eigenvalue weighted by Crippen LogP contribution is 2.23. The molecule has 2 nitrogen and oxygen atoms in total. The highest BCUT2D eigenvalue weighted by Gasteiger charge is 2.00. The zero-order chi connectivity index (χ0) is 10.7. The molecule has 70 valence electrons. The molecule has 0 fully saturated rings. The average molecular weight is 192 g/mol. The highest BCUT2D eigenvalue weighted by molar-refractivity contribution is 5.97. The van der Waals surface area contributed by atoms with E-state index in [1.54, 1.807) is 6.07 Å². The van der Waals surface area contributed by atoms with Gasteiger partial charge >= 0.3 is 0 Å². The van der Waals surface area contributed by atoms with Gasteiger partial charge in [0.2, 0.25) is 0 Å². The number of nitriles is 1. The molecule has 0 aliphatic heterocycles. The molecule has 2 aromatic carbocycles. The number of hydrogen-bond acceptors (Lipinski definition) is 2. The molecule has 0 amide bonds. The van der Waals surface area contributed by atoms with Crippen LogP contribution in [-0.4, -0.2) is 0 Å². The van der Waals surface area contributed by atoms with E-state index in [-0.39, 0.29) is 0 Å². The molecule has 2 rings (SSSR count). The summed E-state index contributed by atoms with van der Waals surface area (Å²) in [4.78, 5) is 0. The maximum absolute atomic E-state index is 8.41. The number of nitrogen functional groups attached to an aromatic ring is 1. The first-order valence-electron chi connectivity index (χ1n) is 4.50. The highest BCUT2D eigenvalue weighted by atomic mass is 14.5. The zero-order valence-electron chi connectivity index (χ0n) is 7.99. The van der Waals surface area contributed by atoms with E-state index in [1.807, 2.05) is 36.4 Å². The molecular weight excluding hydrogens is 184 g/mol. The number of rotatable bonds is 0. The lowest BCUT2D eigenvalue weighted by atomic mass is 10.0. The van der Waals surface area contributed by atoms with Crippen molar-refractivity contribution < 1.29 is 0 Å². The second-order valence-electron chi connectivity index (χ2n) is 3.11. The topological polar surface area (TPSA) is 49.8 Å². The molecule has 0 heterocycles. The summed E-state index contributed by atoms with van der Waals surface area (Å²) in [6.07, 6.45) is 0. The third-order valence-electron chi connectivity index (χ3n) is 2.19. The number of fused-ring (bicyclic) bond motifs is 1. The van der Waals surface area contributed by atoms with Crippen molar-refractivity contribution in [2.24, 2.45) is 0 Å². The number of hydrogen-bond donors (Lipinski definition) is 1. The van der Waals surface area contributed by atoms with Crippen molar-refractivity contribution >= 4 is 16.5 Å². The maximum atomic E-state index is 8.41. The van der Waals surface area contributed by atoms with E-state index in [0.717, 1.165) is 16.3 Å². The number of nitrogens with zero attached hydrogens (tertiary/aromatic N) is 1. The first kappa shape index (κ1) is 9.12. The van der Waals surface area contributed by atoms with Gasteiger partial charge < -0.3 is 5.73 Å². The number of benzene rings is 2. The van der Waals surface area contributed by atoms with Crippen molar-refractivity contribution in [1.82, 2.24) is 0 Å². The Morgan fingerprint density at radius 1 is 1.07 bits per heavy atom. The third-order valence-corrected chi connectivity index (χ3v) is 2.19. The molecule has 0 aromatic heterocycles. The van der Waals surface area contributed by atoms with Crippen LogP contribution in [0.1, 0.15) is 5.56 Å². The average Bonchev–Trinajstić information content (AvgIpc) is 2.26. The smallest absolute Gasteiger partial charge is 0.152 e. The van der Waals surface area contributed by atoms with Gasteiger partial charge in [-0.05, 0) is 17.5 Å². The summed E-state index contributed by atoms with van der Waals surface area (Å²) in [5.74, 6) is 5.17. The maximum Gasteiger partial charge on any atom is 0.152 e. The molecule has 2 aromatic rings. The van der Waals surface area contributed by atoms with E-state index < -0.39 is 0 Å². The fraction of sp³-hybridized carbons (Fsp3) is 0. The minimum atomic E-state index is 0.690. The van der Waals surface area contributed by atoms with E-state index >= 15 is 0 Å². The fourth-order valence-corrected chi connectivity index (χ4v) is 1.57. The summed E-state index contributed by atoms with van der Waals surface area (Å²) in [7, 11) is 0. The summed E-state index contributed by atoms with van der Waals surface area (Å²) in [6.45, 7) is 0. The van der Waals surface area contributed by atoms with Gasteiger partial charge in [0.05, 0.1) is 0 Å². The molecule has 15 heavy (non-hydrogen) atoms. The lowest BCUT2D eigenvalue weighted by Crippen LogP contribution is -1.89. The van der Waals surface area contributed by atoms with Crippen LogP contribution in [0.3, 0.4) is 0 Å². The molecule has 0 bridgehead atoms. The van der Waals surface area contributed by atoms with Gasteiger partial charge in [-0.1, -0.05) is 30.2 Å². The predicted octanol–water partition coefficient (Wildman–Crippen LogP) is 2.30. The summed E-state index contributed by atoms with van der Waals surface area (Å²) < 4.78 is 0. The van der Waals surface area contributed by atoms with Crippen LogP contribution < -0.4 is 5.73 Å². The van der Waals surface area contributed by atoms with Crippen molar-refractivity contribution in [2.75, 3.05) is 5.73 Å². The molecule has 0 radical (unpaired) electrons. The Bertz CT molecular complexity index is 604. The Morgan fingerprint density at radius 2 is 1.80 bits per heavy atom. The summed E-state index contributed by atoms with van der Waals surface area (Å²) in [6, 6.07) is 13.3. The first-order chi connectivity index (χ1) is 7.33. The van der Waals surface area contributed by atoms with E-state index in [4.69, 9.17) is 11.0 Å². The Kier molecular flexibility index (Phi) is 2.27. The molecule has 2 N–H and O–H groups in total. The summed E-state index contributed by atoms with van der Waals surface area (Å²) in [5, 5.41) is 10.4. The van der Waals surface area contributed by atoms with Gasteiger partial charge in [0.1, 0.15) is 0 Å². The van der Waals surface area contributed by atoms with Crippen molar-refractivity contribution in [2.45, 2.75) is 0 Å². The standard InChI is InChI=1S/C13H8N2/c14-9-3-7-11-5-1-4-10-6-2-8-12(15)13(10)11/h1-2,4-6,8H,15H2. The number of anilines is 1. The largest absolute Gasteiger partial charge is 0.398 e. The van der Waals surface area contributed by atoms with Gasteiger partial charge in [-0.15, -0.1) is 0 Å². The van der Waals surface area contributed by atoms with Crippen molar-refractivity contribution in [3.8, 4) is 17.9 Å². The molecule has 0 atom stereocenters. The van der Waals surface area contributed by atoms with Crippen LogP contribution in [0.15, 0.2) is 36.4 Å². The molecule has 0 unspecified atom stereocenters. The summed E-state index contributed by atoms with van der Waals surface area (Å²) >= 11 is 0. The summed E-state index contributed by atoms with van der Waals surface area (Å²) in [5.41, 5.74) is 7.37. The van der Waals surface area contributed by atoms with Crippen LogP contribution in [0, 0.1) is 23.2 Å². The van der Waals surface area contributed by atoms with Crippen LogP contribution >= 0.6 is 0 Å². The SMILES string of the molecule is N#CC#Cc1cccc2cccc(N)c12. The van der Waals surface area contributed by atoms with Gasteiger partial charge in [-0.3, -0.25) is 0 Å². The van der Waals surface area contributed by atoms with Crippen molar-refractivity contribution in [3.05, 3.63) is 42.0 Å². The normalized spacial score (nSPS) is 9.00. The van der Waals surface area contributed by atoms with Crippen molar-refractivity contribution in [3.63, 3.8) is 0 Å². The molecule has 0 saturated carbocycles. The Morgan fingerprint density at radius 3 is 2.53 bits per heavy atom. The van der Waals surface area contributed by atoms with Crippen LogP contribution in [0.2, 0.25) is 0 Å². The molecule has 2 heteroatoms. The molecule has 0 aliphatic rings. The quantitative estimate of drug-likeness (QED) is 0.514. The molecule has 0 saturated heterocycles. The van der Waals surface area contributed by atoms with Gasteiger partial charge in [-0.25, -0.2) is 0 Å². The Balaban J connectivity index is 2.81. The van der Waals surface area contributed by atoms with Crippen LogP contribution in [0.4, 0.5) is 5.69 Å². The molecular formula is C13H8N2. The first-order valence-corrected chi connectivity index (χ1v) is 4.50. The van der Waals surface area contributed by atoms with Crippen molar-refractivity contribution in [1.29, 1.82) is 5.26 Å². The third kappa shape index (κ3) is 1.61. The zero-order valence-corrected chi connectivity index (χ0v) is 7.99. The van der Waals surface area contributed by atoms with E-state index in [2.05, 4.69) is 11.8 Å². The van der Waals surface area contributed by atoms with E-state index in [1.165, 1.54) is 0 Å². The lowest BCUT2D eigenvalue weighted by Gasteiger charge is -2.03. The Hall–Kier alpha value is -2.45. The van der Waals surface area contributed by atoms with Gasteiger partial charge in [0.25, 0.3) is 0 Å². The van der Waals surface area contributed by atoms with Crippen LogP contribution in [0.25, 0.3) is 10.8 Å². The predicted molar refractivity (Wildman–Crippen MR) is 60.9 cm³/mol. The minimum Gasteiger partial charge on any atom is -0.398 e. The Labute approximate surface area is 87.9 Å².